The fraction of sp³-hybridized carbons (Fsp3) is 0.400. The van der Waals surface area contributed by atoms with E-state index in [0.717, 1.165) is 17.9 Å². The number of phenolic OH excluding ortho intramolecular Hbond substituents is 1. The van der Waals surface area contributed by atoms with Crippen LogP contribution in [-0.2, 0) is 11.8 Å². The van der Waals surface area contributed by atoms with Gasteiger partial charge in [0.15, 0.2) is 0 Å². The molecule has 24 heavy (non-hydrogen) atoms. The lowest BCUT2D eigenvalue weighted by Gasteiger charge is -2.40. The molecule has 0 saturated heterocycles. The normalized spacial score (nSPS) is 22.0. The van der Waals surface area contributed by atoms with Gasteiger partial charge in [-0.3, -0.25) is 0 Å². The van der Waals surface area contributed by atoms with Crippen molar-refractivity contribution in [3.8, 4) is 11.5 Å². The van der Waals surface area contributed by atoms with Crippen LogP contribution in [0.1, 0.15) is 25.0 Å². The molecule has 128 valence electrons. The van der Waals surface area contributed by atoms with Gasteiger partial charge in [-0.1, -0.05) is 38.1 Å². The third kappa shape index (κ3) is 3.55. The van der Waals surface area contributed by atoms with Crippen molar-refractivity contribution in [2.75, 3.05) is 12.4 Å². The number of ether oxygens (including phenoxy) is 1. The fourth-order valence-corrected chi connectivity index (χ4v) is 4.77. The summed E-state index contributed by atoms with van der Waals surface area (Å²) in [5, 5.41) is 10.3. The number of para-hydroxylation sites is 1. The second kappa shape index (κ2) is 7.08. The Morgan fingerprint density at radius 3 is 2.71 bits per heavy atom. The van der Waals surface area contributed by atoms with E-state index in [-0.39, 0.29) is 5.41 Å². The van der Waals surface area contributed by atoms with Crippen LogP contribution in [0.25, 0.3) is 0 Å². The summed E-state index contributed by atoms with van der Waals surface area (Å²) in [6, 6.07) is 16.0. The number of rotatable bonds is 5. The average molecular weight is 344 g/mol. The van der Waals surface area contributed by atoms with E-state index in [1.54, 1.807) is 6.07 Å². The first-order valence-corrected chi connectivity index (χ1v) is 9.48. The van der Waals surface area contributed by atoms with E-state index < -0.39 is 0 Å². The minimum atomic E-state index is -0.0374. The molecule has 4 heteroatoms. The highest BCUT2D eigenvalue weighted by molar-refractivity contribution is 8.00. The molecule has 1 aliphatic rings. The average Bonchev–Trinajstić information content (AvgIpc) is 2.58. The maximum Gasteiger partial charge on any atom is 0.119 e. The van der Waals surface area contributed by atoms with Crippen LogP contribution in [0.4, 0.5) is 0 Å². The number of fused-ring (bicyclic) bond motifs is 1. The van der Waals surface area contributed by atoms with Crippen molar-refractivity contribution < 1.29 is 15.6 Å². The molecule has 0 radical (unpaired) electrons. The Hall–Kier alpha value is -1.65. The summed E-state index contributed by atoms with van der Waals surface area (Å²) in [6.45, 7) is 5.17. The van der Waals surface area contributed by atoms with E-state index in [0.29, 0.717) is 23.6 Å². The van der Waals surface area contributed by atoms with Crippen molar-refractivity contribution in [1.29, 1.82) is 0 Å². The van der Waals surface area contributed by atoms with E-state index in [4.69, 9.17) is 4.74 Å². The molecule has 2 unspecified atom stereocenters. The number of phenols is 1. The van der Waals surface area contributed by atoms with Crippen LogP contribution < -0.4 is 10.5 Å². The second-order valence-electron chi connectivity index (χ2n) is 6.94. The molecule has 0 amide bonds. The van der Waals surface area contributed by atoms with Gasteiger partial charge in [0.25, 0.3) is 0 Å². The number of aromatic hydroxyl groups is 1. The molecule has 3 nitrogen and oxygen atoms in total. The van der Waals surface area contributed by atoms with Gasteiger partial charge in [0.1, 0.15) is 17.5 Å². The zero-order chi connectivity index (χ0) is 17.2. The highest BCUT2D eigenvalue weighted by Gasteiger charge is 2.43. The summed E-state index contributed by atoms with van der Waals surface area (Å²) >= 11 is 1.94. The van der Waals surface area contributed by atoms with Crippen molar-refractivity contribution in [3.05, 3.63) is 59.7 Å². The Kier molecular flexibility index (Phi) is 5.07. The monoisotopic (exact) mass is 344 g/mol. The van der Waals surface area contributed by atoms with Crippen LogP contribution in [-0.4, -0.2) is 28.8 Å². The predicted octanol–water partition coefficient (Wildman–Crippen LogP) is 3.02. The Morgan fingerprint density at radius 1 is 1.21 bits per heavy atom. The van der Waals surface area contributed by atoms with Gasteiger partial charge in [-0.05, 0) is 41.8 Å². The molecular formula is C20H26NO2S+. The first kappa shape index (κ1) is 17.2. The lowest BCUT2D eigenvalue weighted by molar-refractivity contribution is -0.435. The minimum Gasteiger partial charge on any atom is -0.508 e. The van der Waals surface area contributed by atoms with Gasteiger partial charge in [0.2, 0.25) is 0 Å². The van der Waals surface area contributed by atoms with Gasteiger partial charge >= 0.3 is 0 Å². The highest BCUT2D eigenvalue weighted by atomic mass is 32.2. The molecular weight excluding hydrogens is 318 g/mol. The summed E-state index contributed by atoms with van der Waals surface area (Å²) < 4.78 is 5.80. The minimum absolute atomic E-state index is 0.0374. The molecule has 4 N–H and O–H groups in total. The van der Waals surface area contributed by atoms with Crippen LogP contribution in [0, 0.1) is 0 Å². The largest absolute Gasteiger partial charge is 0.508 e. The Balaban J connectivity index is 1.61. The van der Waals surface area contributed by atoms with Gasteiger partial charge in [-0.15, -0.1) is 11.8 Å². The van der Waals surface area contributed by atoms with Crippen molar-refractivity contribution in [2.45, 2.75) is 37.0 Å². The maximum atomic E-state index is 9.81. The van der Waals surface area contributed by atoms with Crippen LogP contribution >= 0.6 is 11.8 Å². The van der Waals surface area contributed by atoms with Crippen LogP contribution in [0.15, 0.2) is 48.5 Å². The highest BCUT2D eigenvalue weighted by Crippen LogP contribution is 2.40. The van der Waals surface area contributed by atoms with Crippen LogP contribution in [0.5, 0.6) is 11.5 Å². The van der Waals surface area contributed by atoms with E-state index in [2.05, 4.69) is 25.6 Å². The molecule has 0 bridgehead atoms. The molecule has 0 heterocycles. The van der Waals surface area contributed by atoms with Crippen molar-refractivity contribution >= 4 is 11.8 Å². The SMILES string of the molecule is CC1(C)c2cc(O)ccc2CC(SCCOc2ccccc2)C1[NH3+]. The van der Waals surface area contributed by atoms with Gasteiger partial charge in [-0.2, -0.15) is 0 Å². The molecule has 3 rings (SSSR count). The Bertz CT molecular complexity index is 687. The number of hydrogen-bond acceptors (Lipinski definition) is 3. The fourth-order valence-electron chi connectivity index (χ4n) is 3.42. The molecule has 0 aromatic heterocycles. The number of quaternary nitrogens is 1. The van der Waals surface area contributed by atoms with Crippen LogP contribution in [0.2, 0.25) is 0 Å². The number of benzene rings is 2. The first-order valence-electron chi connectivity index (χ1n) is 8.43. The maximum absolute atomic E-state index is 9.81. The van der Waals surface area contributed by atoms with E-state index in [9.17, 15) is 5.11 Å². The standard InChI is InChI=1S/C20H25NO2S/c1-20(2)17-13-15(22)9-8-14(17)12-18(19(20)21)24-11-10-23-16-6-4-3-5-7-16/h3-9,13,18-19,22H,10-12,21H2,1-2H3/p+1. The van der Waals surface area contributed by atoms with E-state index in [1.807, 2.05) is 48.2 Å². The molecule has 2 atom stereocenters. The second-order valence-corrected chi connectivity index (χ2v) is 8.29. The van der Waals surface area contributed by atoms with Gasteiger partial charge < -0.3 is 15.6 Å². The number of hydrogen-bond donors (Lipinski definition) is 2. The lowest BCUT2D eigenvalue weighted by atomic mass is 9.69. The van der Waals surface area contributed by atoms with E-state index >= 15 is 0 Å². The smallest absolute Gasteiger partial charge is 0.119 e. The topological polar surface area (TPSA) is 57.1 Å². The molecule has 0 spiro atoms. The zero-order valence-corrected chi connectivity index (χ0v) is 15.2. The Morgan fingerprint density at radius 2 is 1.96 bits per heavy atom. The lowest BCUT2D eigenvalue weighted by Crippen LogP contribution is -2.74. The van der Waals surface area contributed by atoms with Crippen molar-refractivity contribution in [2.24, 2.45) is 0 Å². The van der Waals surface area contributed by atoms with Gasteiger partial charge in [0, 0.05) is 11.2 Å². The zero-order valence-electron chi connectivity index (χ0n) is 14.4. The Labute approximate surface area is 148 Å². The first-order chi connectivity index (χ1) is 11.5. The molecule has 2 aromatic carbocycles. The molecule has 0 saturated carbocycles. The molecule has 2 aromatic rings. The number of thioether (sulfide) groups is 1. The summed E-state index contributed by atoms with van der Waals surface area (Å²) in [6.07, 6.45) is 1.00. The van der Waals surface area contributed by atoms with Gasteiger partial charge in [-0.25, -0.2) is 0 Å². The summed E-state index contributed by atoms with van der Waals surface area (Å²) in [4.78, 5) is 0. The third-order valence-electron chi connectivity index (χ3n) is 5.01. The van der Waals surface area contributed by atoms with E-state index in [1.165, 1.54) is 11.1 Å². The van der Waals surface area contributed by atoms with Gasteiger partial charge in [0.05, 0.1) is 11.9 Å². The van der Waals surface area contributed by atoms with Crippen molar-refractivity contribution in [1.82, 2.24) is 0 Å². The third-order valence-corrected chi connectivity index (χ3v) is 6.34. The predicted molar refractivity (Wildman–Crippen MR) is 99.7 cm³/mol. The van der Waals surface area contributed by atoms with Crippen LogP contribution in [0.3, 0.4) is 0 Å². The molecule has 0 fully saturated rings. The molecule has 0 aliphatic heterocycles. The summed E-state index contributed by atoms with van der Waals surface area (Å²) in [5.41, 5.74) is 6.99. The van der Waals surface area contributed by atoms with Crippen molar-refractivity contribution in [3.63, 3.8) is 0 Å². The molecule has 1 aliphatic carbocycles. The summed E-state index contributed by atoms with van der Waals surface area (Å²) in [5.74, 6) is 2.22. The summed E-state index contributed by atoms with van der Waals surface area (Å²) in [7, 11) is 0. The quantitative estimate of drug-likeness (QED) is 0.820.